The van der Waals surface area contributed by atoms with Crippen molar-refractivity contribution in [3.8, 4) is 11.4 Å². The summed E-state index contributed by atoms with van der Waals surface area (Å²) in [6.07, 6.45) is 3.48. The molecule has 0 saturated heterocycles. The topological polar surface area (TPSA) is 101 Å². The Balaban J connectivity index is 2.30. The van der Waals surface area contributed by atoms with E-state index in [9.17, 15) is 9.90 Å². The molecule has 0 aliphatic rings. The number of carboxylic acid groups (broad SMARTS) is 1. The molecule has 6 heteroatoms. The maximum atomic E-state index is 10.7. The van der Waals surface area contributed by atoms with Crippen LogP contribution in [-0.2, 0) is 11.2 Å². The van der Waals surface area contributed by atoms with Crippen molar-refractivity contribution in [2.75, 3.05) is 0 Å². The molecule has 6 nitrogen and oxygen atoms in total. The van der Waals surface area contributed by atoms with E-state index in [0.717, 1.165) is 5.56 Å². The van der Waals surface area contributed by atoms with Gasteiger partial charge in [0, 0.05) is 12.4 Å². The maximum Gasteiger partial charge on any atom is 0.320 e. The van der Waals surface area contributed by atoms with E-state index in [0.29, 0.717) is 5.69 Å². The summed E-state index contributed by atoms with van der Waals surface area (Å²) in [7, 11) is 0. The van der Waals surface area contributed by atoms with Gasteiger partial charge in [-0.3, -0.25) is 4.79 Å². The number of aromatic hydroxyl groups is 1. The Morgan fingerprint density at radius 2 is 2.28 bits per heavy atom. The van der Waals surface area contributed by atoms with E-state index in [1.807, 2.05) is 0 Å². The second-order valence-electron chi connectivity index (χ2n) is 3.92. The lowest BCUT2D eigenvalue weighted by atomic mass is 10.1. The van der Waals surface area contributed by atoms with Crippen molar-refractivity contribution in [3.63, 3.8) is 0 Å². The molecule has 0 amide bonds. The largest absolute Gasteiger partial charge is 0.506 e. The van der Waals surface area contributed by atoms with Gasteiger partial charge in [0.25, 0.3) is 0 Å². The molecule has 1 aromatic carbocycles. The van der Waals surface area contributed by atoms with Crippen molar-refractivity contribution < 1.29 is 15.0 Å². The molecule has 94 valence electrons. The molecule has 0 bridgehead atoms. The number of hydrogen-bond donors (Lipinski definition) is 3. The first-order chi connectivity index (χ1) is 8.58. The van der Waals surface area contributed by atoms with Crippen molar-refractivity contribution in [2.45, 2.75) is 12.5 Å². The van der Waals surface area contributed by atoms with Crippen molar-refractivity contribution in [3.05, 3.63) is 42.2 Å². The van der Waals surface area contributed by atoms with Gasteiger partial charge in [0.1, 0.15) is 17.5 Å². The van der Waals surface area contributed by atoms with Crippen molar-refractivity contribution in [1.29, 1.82) is 0 Å². The molecule has 1 aromatic heterocycles. The summed E-state index contributed by atoms with van der Waals surface area (Å²) in [6.45, 7) is 0. The predicted molar refractivity (Wildman–Crippen MR) is 64.5 cm³/mol. The van der Waals surface area contributed by atoms with Crippen LogP contribution in [0.15, 0.2) is 36.7 Å². The molecule has 1 unspecified atom stereocenters. The van der Waals surface area contributed by atoms with Crippen LogP contribution in [-0.4, -0.2) is 32.0 Å². The number of aromatic nitrogens is 2. The van der Waals surface area contributed by atoms with Gasteiger partial charge in [-0.2, -0.15) is 5.10 Å². The zero-order valence-electron chi connectivity index (χ0n) is 9.52. The molecule has 0 saturated carbocycles. The molecule has 4 N–H and O–H groups in total. The Morgan fingerprint density at radius 1 is 1.50 bits per heavy atom. The van der Waals surface area contributed by atoms with Crippen molar-refractivity contribution >= 4 is 5.97 Å². The number of nitrogens with two attached hydrogens (primary N) is 1. The lowest BCUT2D eigenvalue weighted by molar-refractivity contribution is -0.138. The Kier molecular flexibility index (Phi) is 3.29. The molecule has 0 radical (unpaired) electrons. The van der Waals surface area contributed by atoms with Crippen LogP contribution in [0.5, 0.6) is 5.75 Å². The minimum absolute atomic E-state index is 0.0753. The highest BCUT2D eigenvalue weighted by molar-refractivity contribution is 5.73. The highest BCUT2D eigenvalue weighted by atomic mass is 16.4. The third-order valence-corrected chi connectivity index (χ3v) is 2.56. The van der Waals surface area contributed by atoms with E-state index in [2.05, 4.69) is 5.10 Å². The van der Waals surface area contributed by atoms with E-state index in [1.54, 1.807) is 30.6 Å². The summed E-state index contributed by atoms with van der Waals surface area (Å²) >= 11 is 0. The van der Waals surface area contributed by atoms with E-state index in [1.165, 1.54) is 10.7 Å². The van der Waals surface area contributed by atoms with E-state index in [-0.39, 0.29) is 12.2 Å². The zero-order valence-corrected chi connectivity index (χ0v) is 9.52. The average molecular weight is 247 g/mol. The number of rotatable bonds is 4. The van der Waals surface area contributed by atoms with Gasteiger partial charge < -0.3 is 15.9 Å². The molecule has 2 aromatic rings. The van der Waals surface area contributed by atoms with Gasteiger partial charge >= 0.3 is 5.97 Å². The maximum absolute atomic E-state index is 10.7. The van der Waals surface area contributed by atoms with Gasteiger partial charge in [-0.1, -0.05) is 6.07 Å². The van der Waals surface area contributed by atoms with Crippen LogP contribution in [0.2, 0.25) is 0 Å². The second kappa shape index (κ2) is 4.89. The van der Waals surface area contributed by atoms with Crippen LogP contribution in [0.25, 0.3) is 5.69 Å². The van der Waals surface area contributed by atoms with Crippen LogP contribution in [0.1, 0.15) is 5.56 Å². The van der Waals surface area contributed by atoms with E-state index >= 15 is 0 Å². The number of aliphatic carboxylic acids is 1. The number of nitrogens with zero attached hydrogens (tertiary/aromatic N) is 2. The average Bonchev–Trinajstić information content (AvgIpc) is 2.85. The molecule has 0 spiro atoms. The van der Waals surface area contributed by atoms with Crippen LogP contribution in [0.4, 0.5) is 0 Å². The van der Waals surface area contributed by atoms with Gasteiger partial charge in [-0.05, 0) is 30.2 Å². The molecule has 1 atom stereocenters. The number of phenols is 1. The summed E-state index contributed by atoms with van der Waals surface area (Å²) in [5, 5.41) is 22.5. The smallest absolute Gasteiger partial charge is 0.320 e. The highest BCUT2D eigenvalue weighted by Gasteiger charge is 2.13. The lowest BCUT2D eigenvalue weighted by Crippen LogP contribution is -2.32. The van der Waals surface area contributed by atoms with Crippen LogP contribution < -0.4 is 5.73 Å². The predicted octanol–water partition coefficient (Wildman–Crippen LogP) is 0.532. The van der Waals surface area contributed by atoms with Gasteiger partial charge in [0.05, 0.1) is 0 Å². The Labute approximate surface area is 103 Å². The van der Waals surface area contributed by atoms with Crippen molar-refractivity contribution in [2.24, 2.45) is 5.73 Å². The highest BCUT2D eigenvalue weighted by Crippen LogP contribution is 2.22. The number of carbonyl (C=O) groups is 1. The SMILES string of the molecule is NC(Cc1ccc(O)c(-n2cccn2)c1)C(=O)O. The Bertz CT molecular complexity index is 552. The van der Waals surface area contributed by atoms with Crippen LogP contribution in [0, 0.1) is 0 Å². The quantitative estimate of drug-likeness (QED) is 0.731. The van der Waals surface area contributed by atoms with Gasteiger partial charge in [0.2, 0.25) is 0 Å². The summed E-state index contributed by atoms with van der Waals surface area (Å²) in [6, 6.07) is 5.59. The third-order valence-electron chi connectivity index (χ3n) is 2.56. The normalized spacial score (nSPS) is 12.3. The Hall–Kier alpha value is -2.34. The number of hydrogen-bond acceptors (Lipinski definition) is 4. The first-order valence-corrected chi connectivity index (χ1v) is 5.38. The lowest BCUT2D eigenvalue weighted by Gasteiger charge is -2.10. The molecular weight excluding hydrogens is 234 g/mol. The van der Waals surface area contributed by atoms with Gasteiger partial charge in [0.15, 0.2) is 0 Å². The molecule has 1 heterocycles. The molecule has 18 heavy (non-hydrogen) atoms. The minimum atomic E-state index is -1.05. The number of phenolic OH excluding ortho intramolecular Hbond substituents is 1. The zero-order chi connectivity index (χ0) is 13.1. The molecule has 0 fully saturated rings. The van der Waals surface area contributed by atoms with E-state index < -0.39 is 12.0 Å². The Morgan fingerprint density at radius 3 is 2.89 bits per heavy atom. The fourth-order valence-electron chi connectivity index (χ4n) is 1.63. The van der Waals surface area contributed by atoms with Crippen LogP contribution >= 0.6 is 0 Å². The number of carboxylic acids is 1. The van der Waals surface area contributed by atoms with Crippen molar-refractivity contribution in [1.82, 2.24) is 9.78 Å². The molecule has 0 aliphatic heterocycles. The molecule has 2 rings (SSSR count). The fraction of sp³-hybridized carbons (Fsp3) is 0.167. The number of benzene rings is 1. The summed E-state index contributed by atoms with van der Waals surface area (Å²) in [5.74, 6) is -0.977. The minimum Gasteiger partial charge on any atom is -0.506 e. The van der Waals surface area contributed by atoms with Gasteiger partial charge in [-0.25, -0.2) is 4.68 Å². The monoisotopic (exact) mass is 247 g/mol. The summed E-state index contributed by atoms with van der Waals surface area (Å²) < 4.78 is 1.51. The third kappa shape index (κ3) is 2.49. The van der Waals surface area contributed by atoms with E-state index in [4.69, 9.17) is 10.8 Å². The summed E-state index contributed by atoms with van der Waals surface area (Å²) in [5.41, 5.74) is 6.70. The summed E-state index contributed by atoms with van der Waals surface area (Å²) in [4.78, 5) is 10.7. The first kappa shape index (κ1) is 12.1. The molecular formula is C12H13N3O3. The van der Waals surface area contributed by atoms with Gasteiger partial charge in [-0.15, -0.1) is 0 Å². The molecule has 0 aliphatic carbocycles. The standard InChI is InChI=1S/C12H13N3O3/c13-9(12(17)18)6-8-2-3-11(16)10(7-8)15-5-1-4-14-15/h1-5,7,9,16H,6,13H2,(H,17,18). The van der Waals surface area contributed by atoms with Crippen LogP contribution in [0.3, 0.4) is 0 Å². The fourth-order valence-corrected chi connectivity index (χ4v) is 1.63. The second-order valence-corrected chi connectivity index (χ2v) is 3.92. The first-order valence-electron chi connectivity index (χ1n) is 5.38.